The summed E-state index contributed by atoms with van der Waals surface area (Å²) in [6.45, 7) is 5.29. The molecule has 2 aromatic carbocycles. The van der Waals surface area contributed by atoms with Crippen molar-refractivity contribution in [1.29, 1.82) is 5.26 Å². The van der Waals surface area contributed by atoms with Crippen LogP contribution in [0, 0.1) is 22.6 Å². The molecule has 4 rings (SSSR count). The molecular formula is C28H29BrFN3O3. The van der Waals surface area contributed by atoms with Crippen LogP contribution in [0.2, 0.25) is 0 Å². The number of Topliss-reactive ketones (excluding diaryl/α,β-unsaturated/α-hetero) is 1. The van der Waals surface area contributed by atoms with E-state index < -0.39 is 5.92 Å². The number of carbonyl (C=O) groups excluding carboxylic acids is 1. The number of halogens is 2. The quantitative estimate of drug-likeness (QED) is 0.483. The molecule has 0 aromatic heterocycles. The highest BCUT2D eigenvalue weighted by Crippen LogP contribution is 2.49. The maximum Gasteiger partial charge on any atom is 0.162 e. The Morgan fingerprint density at radius 1 is 1.22 bits per heavy atom. The van der Waals surface area contributed by atoms with Gasteiger partial charge in [0.05, 0.1) is 28.6 Å². The minimum absolute atomic E-state index is 0.0293. The highest BCUT2D eigenvalue weighted by atomic mass is 79.9. The standard InChI is InChI=1S/C28H29BrFN3O3/c1-28(2)13-22-26(23(34)14-28)25(20(15-31)27(32)33(22)10-11-35-3)18-6-9-24(21(29)12-18)36-16-17-4-7-19(30)8-5-17/h4-9,12,25H,10-11,13-14,16,32H2,1-3H3/t25-/m1/s1. The van der Waals surface area contributed by atoms with E-state index in [9.17, 15) is 14.4 Å². The Kier molecular flexibility index (Phi) is 7.53. The monoisotopic (exact) mass is 553 g/mol. The number of hydrogen-bond acceptors (Lipinski definition) is 6. The minimum Gasteiger partial charge on any atom is -0.488 e. The number of nitrogens with two attached hydrogens (primary N) is 1. The molecule has 36 heavy (non-hydrogen) atoms. The van der Waals surface area contributed by atoms with Crippen LogP contribution in [-0.2, 0) is 16.1 Å². The smallest absolute Gasteiger partial charge is 0.162 e. The number of nitrogens with zero attached hydrogens (tertiary/aromatic N) is 2. The van der Waals surface area contributed by atoms with Crippen LogP contribution in [0.5, 0.6) is 5.75 Å². The first-order valence-electron chi connectivity index (χ1n) is 11.7. The number of allylic oxidation sites excluding steroid dienone is 3. The van der Waals surface area contributed by atoms with Crippen molar-refractivity contribution in [3.05, 3.63) is 86.5 Å². The lowest BCUT2D eigenvalue weighted by molar-refractivity contribution is -0.118. The topological polar surface area (TPSA) is 88.6 Å². The van der Waals surface area contributed by atoms with Gasteiger partial charge in [0.2, 0.25) is 0 Å². The summed E-state index contributed by atoms with van der Waals surface area (Å²) >= 11 is 3.58. The zero-order valence-corrected chi connectivity index (χ0v) is 22.2. The highest BCUT2D eigenvalue weighted by Gasteiger charge is 2.44. The molecular weight excluding hydrogens is 525 g/mol. The molecule has 1 heterocycles. The van der Waals surface area contributed by atoms with Gasteiger partial charge in [0, 0.05) is 31.3 Å². The van der Waals surface area contributed by atoms with Crippen LogP contribution >= 0.6 is 15.9 Å². The number of hydrogen-bond donors (Lipinski definition) is 1. The summed E-state index contributed by atoms with van der Waals surface area (Å²) in [7, 11) is 1.61. The van der Waals surface area contributed by atoms with E-state index >= 15 is 0 Å². The normalized spacial score (nSPS) is 19.3. The van der Waals surface area contributed by atoms with Gasteiger partial charge in [0.25, 0.3) is 0 Å². The summed E-state index contributed by atoms with van der Waals surface area (Å²) in [5.41, 5.74) is 9.80. The molecule has 0 fully saturated rings. The Labute approximate surface area is 219 Å². The Hall–Kier alpha value is -3.15. The summed E-state index contributed by atoms with van der Waals surface area (Å²) in [5, 5.41) is 10.1. The van der Waals surface area contributed by atoms with E-state index in [1.807, 2.05) is 23.1 Å². The van der Waals surface area contributed by atoms with Gasteiger partial charge in [-0.2, -0.15) is 5.26 Å². The molecule has 6 nitrogen and oxygen atoms in total. The molecule has 8 heteroatoms. The summed E-state index contributed by atoms with van der Waals surface area (Å²) in [4.78, 5) is 15.4. The van der Waals surface area contributed by atoms with Crippen LogP contribution in [0.4, 0.5) is 4.39 Å². The van der Waals surface area contributed by atoms with Gasteiger partial charge in [-0.25, -0.2) is 4.39 Å². The van der Waals surface area contributed by atoms with E-state index in [1.54, 1.807) is 19.2 Å². The average Bonchev–Trinajstić information content (AvgIpc) is 2.82. The third-order valence-electron chi connectivity index (χ3n) is 6.60. The molecule has 0 saturated carbocycles. The van der Waals surface area contributed by atoms with Gasteiger partial charge in [-0.1, -0.05) is 32.0 Å². The summed E-state index contributed by atoms with van der Waals surface area (Å²) in [6.07, 6.45) is 1.08. The first kappa shape index (κ1) is 25.9. The van der Waals surface area contributed by atoms with E-state index in [0.29, 0.717) is 53.2 Å². The number of nitriles is 1. The van der Waals surface area contributed by atoms with Gasteiger partial charge in [-0.3, -0.25) is 4.79 Å². The molecule has 2 aromatic rings. The van der Waals surface area contributed by atoms with Crippen molar-refractivity contribution in [2.75, 3.05) is 20.3 Å². The second-order valence-electron chi connectivity index (χ2n) is 9.89. The van der Waals surface area contributed by atoms with Crippen molar-refractivity contribution < 1.29 is 18.7 Å². The maximum absolute atomic E-state index is 13.5. The van der Waals surface area contributed by atoms with Gasteiger partial charge < -0.3 is 20.1 Å². The zero-order valence-electron chi connectivity index (χ0n) is 20.6. The summed E-state index contributed by atoms with van der Waals surface area (Å²) in [5.74, 6) is 0.127. The van der Waals surface area contributed by atoms with Crippen molar-refractivity contribution in [3.63, 3.8) is 0 Å². The van der Waals surface area contributed by atoms with Crippen LogP contribution in [-0.4, -0.2) is 30.9 Å². The third-order valence-corrected chi connectivity index (χ3v) is 7.22. The van der Waals surface area contributed by atoms with E-state index in [-0.39, 0.29) is 23.6 Å². The van der Waals surface area contributed by atoms with Crippen LogP contribution in [0.25, 0.3) is 0 Å². The lowest BCUT2D eigenvalue weighted by Crippen LogP contribution is -2.43. The Morgan fingerprint density at radius 3 is 2.58 bits per heavy atom. The first-order chi connectivity index (χ1) is 17.1. The van der Waals surface area contributed by atoms with E-state index in [1.165, 1.54) is 12.1 Å². The lowest BCUT2D eigenvalue weighted by Gasteiger charge is -2.43. The van der Waals surface area contributed by atoms with Crippen LogP contribution in [0.15, 0.2) is 69.6 Å². The van der Waals surface area contributed by atoms with E-state index in [2.05, 4.69) is 35.8 Å². The van der Waals surface area contributed by atoms with E-state index in [4.69, 9.17) is 15.2 Å². The van der Waals surface area contributed by atoms with Crippen molar-refractivity contribution in [2.45, 2.75) is 39.2 Å². The van der Waals surface area contributed by atoms with E-state index in [0.717, 1.165) is 16.8 Å². The maximum atomic E-state index is 13.5. The Balaban J connectivity index is 1.71. The van der Waals surface area contributed by atoms with Crippen LogP contribution in [0.1, 0.15) is 43.7 Å². The molecule has 0 spiro atoms. The number of carbonyl (C=O) groups is 1. The molecule has 1 aliphatic carbocycles. The molecule has 0 unspecified atom stereocenters. The lowest BCUT2D eigenvalue weighted by atomic mass is 9.68. The second-order valence-corrected chi connectivity index (χ2v) is 10.7. The molecule has 188 valence electrons. The van der Waals surface area contributed by atoms with Gasteiger partial charge in [0.1, 0.15) is 24.0 Å². The second kappa shape index (κ2) is 10.5. The Bertz CT molecular complexity index is 1280. The minimum atomic E-state index is -0.560. The van der Waals surface area contributed by atoms with Crippen molar-refractivity contribution >= 4 is 21.7 Å². The predicted molar refractivity (Wildman–Crippen MR) is 138 cm³/mol. The third kappa shape index (κ3) is 5.18. The highest BCUT2D eigenvalue weighted by molar-refractivity contribution is 9.10. The van der Waals surface area contributed by atoms with Gasteiger partial charge in [-0.15, -0.1) is 0 Å². The average molecular weight is 554 g/mol. The summed E-state index contributed by atoms with van der Waals surface area (Å²) in [6, 6.07) is 14.0. The van der Waals surface area contributed by atoms with Crippen molar-refractivity contribution in [3.8, 4) is 11.8 Å². The van der Waals surface area contributed by atoms with Crippen molar-refractivity contribution in [2.24, 2.45) is 11.1 Å². The number of ether oxygens (including phenoxy) is 2. The number of ketones is 1. The number of rotatable bonds is 7. The molecule has 0 radical (unpaired) electrons. The van der Waals surface area contributed by atoms with Gasteiger partial charge in [0.15, 0.2) is 5.78 Å². The molecule has 0 saturated heterocycles. The first-order valence-corrected chi connectivity index (χ1v) is 12.5. The molecule has 1 atom stereocenters. The Morgan fingerprint density at radius 2 is 1.94 bits per heavy atom. The molecule has 0 amide bonds. The van der Waals surface area contributed by atoms with Crippen LogP contribution in [0.3, 0.4) is 0 Å². The van der Waals surface area contributed by atoms with Crippen LogP contribution < -0.4 is 10.5 Å². The fourth-order valence-electron chi connectivity index (χ4n) is 4.90. The largest absolute Gasteiger partial charge is 0.488 e. The van der Waals surface area contributed by atoms with Gasteiger partial charge in [-0.05, 0) is 63.2 Å². The molecule has 1 aliphatic heterocycles. The molecule has 0 bridgehead atoms. The molecule has 2 aliphatic rings. The SMILES string of the molecule is COCCN1C(N)=C(C#N)[C@@H](c2ccc(OCc3ccc(F)cc3)c(Br)c2)C2=C1CC(C)(C)CC2=O. The van der Waals surface area contributed by atoms with Gasteiger partial charge >= 0.3 is 0 Å². The number of methoxy groups -OCH3 is 1. The van der Waals surface area contributed by atoms with Crippen molar-refractivity contribution in [1.82, 2.24) is 4.90 Å². The summed E-state index contributed by atoms with van der Waals surface area (Å²) < 4.78 is 25.1. The fourth-order valence-corrected chi connectivity index (χ4v) is 5.41. The zero-order chi connectivity index (χ0) is 26.0. The predicted octanol–water partition coefficient (Wildman–Crippen LogP) is 5.55. The fraction of sp³-hybridized carbons (Fsp3) is 0.357. The molecule has 2 N–H and O–H groups in total. The number of benzene rings is 2.